The van der Waals surface area contributed by atoms with Gasteiger partial charge < -0.3 is 4.57 Å². The summed E-state index contributed by atoms with van der Waals surface area (Å²) in [6.07, 6.45) is 12.3. The van der Waals surface area contributed by atoms with Crippen LogP contribution in [0.1, 0.15) is 51.1 Å². The Morgan fingerprint density at radius 2 is 2.09 bits per heavy atom. The number of hydrogen-bond donors (Lipinski definition) is 0. The van der Waals surface area contributed by atoms with Gasteiger partial charge in [-0.2, -0.15) is 0 Å². The molecule has 1 atom stereocenters. The molecule has 2 aromatic heterocycles. The van der Waals surface area contributed by atoms with Gasteiger partial charge in [0.25, 0.3) is 0 Å². The van der Waals surface area contributed by atoms with Crippen molar-refractivity contribution in [3.63, 3.8) is 0 Å². The van der Waals surface area contributed by atoms with E-state index in [-0.39, 0.29) is 0 Å². The van der Waals surface area contributed by atoms with Gasteiger partial charge in [-0.1, -0.05) is 32.6 Å². The third-order valence-corrected chi connectivity index (χ3v) is 5.41. The Bertz CT molecular complexity index is 674. The van der Waals surface area contributed by atoms with Crippen molar-refractivity contribution in [2.75, 3.05) is 6.26 Å². The molecule has 22 heavy (non-hydrogen) atoms. The molecule has 0 aliphatic heterocycles. The van der Waals surface area contributed by atoms with E-state index >= 15 is 0 Å². The normalized spacial score (nSPS) is 17.9. The second-order valence-corrected chi connectivity index (χ2v) is 7.70. The molecule has 3 rings (SSSR count). The summed E-state index contributed by atoms with van der Waals surface area (Å²) in [7, 11) is -1.08. The molecular formula is C17H25N3OS. The van der Waals surface area contributed by atoms with E-state index in [4.69, 9.17) is 0 Å². The van der Waals surface area contributed by atoms with Crippen molar-refractivity contribution < 1.29 is 4.21 Å². The third kappa shape index (κ3) is 3.24. The standard InChI is InChI=1S/C17H25N3OS/c1-3-7-14-10-15-17(18-11-16(19-15)22(2)21)20(14)12-13-8-5-4-6-9-13/h10-11,13H,3-9,12H2,1-2H3. The maximum absolute atomic E-state index is 11.6. The van der Waals surface area contributed by atoms with E-state index in [2.05, 4.69) is 27.5 Å². The van der Waals surface area contributed by atoms with Crippen molar-refractivity contribution in [2.24, 2.45) is 5.92 Å². The average molecular weight is 319 g/mol. The molecule has 1 unspecified atom stereocenters. The second kappa shape index (κ2) is 6.90. The van der Waals surface area contributed by atoms with Gasteiger partial charge in [0, 0.05) is 18.5 Å². The van der Waals surface area contributed by atoms with Gasteiger partial charge in [0.05, 0.1) is 17.0 Å². The van der Waals surface area contributed by atoms with Crippen LogP contribution in [0.25, 0.3) is 11.2 Å². The van der Waals surface area contributed by atoms with Gasteiger partial charge in [-0.15, -0.1) is 0 Å². The number of fused-ring (bicyclic) bond motifs is 1. The van der Waals surface area contributed by atoms with Crippen LogP contribution in [0.4, 0.5) is 0 Å². The second-order valence-electron chi connectivity index (χ2n) is 6.37. The minimum absolute atomic E-state index is 0.574. The summed E-state index contributed by atoms with van der Waals surface area (Å²) in [6, 6.07) is 2.14. The number of rotatable bonds is 5. The molecule has 2 heterocycles. The van der Waals surface area contributed by atoms with Gasteiger partial charge in [-0.3, -0.25) is 4.21 Å². The van der Waals surface area contributed by atoms with Crippen LogP contribution in [0.3, 0.4) is 0 Å². The number of hydrogen-bond acceptors (Lipinski definition) is 3. The summed E-state index contributed by atoms with van der Waals surface area (Å²) in [5.41, 5.74) is 3.18. The van der Waals surface area contributed by atoms with Crippen molar-refractivity contribution in [1.29, 1.82) is 0 Å². The molecule has 0 saturated heterocycles. The lowest BCUT2D eigenvalue weighted by atomic mass is 9.89. The largest absolute Gasteiger partial charge is 0.328 e. The maximum atomic E-state index is 11.6. The highest BCUT2D eigenvalue weighted by Crippen LogP contribution is 2.28. The molecule has 0 aromatic carbocycles. The van der Waals surface area contributed by atoms with E-state index in [1.54, 1.807) is 12.5 Å². The molecule has 1 aliphatic carbocycles. The van der Waals surface area contributed by atoms with Crippen LogP contribution < -0.4 is 0 Å². The Morgan fingerprint density at radius 3 is 2.77 bits per heavy atom. The fourth-order valence-corrected chi connectivity index (χ4v) is 3.92. The fourth-order valence-electron chi connectivity index (χ4n) is 3.49. The Kier molecular flexibility index (Phi) is 4.91. The number of nitrogens with zero attached hydrogens (tertiary/aromatic N) is 3. The Morgan fingerprint density at radius 1 is 1.32 bits per heavy atom. The molecule has 1 saturated carbocycles. The highest BCUT2D eigenvalue weighted by atomic mass is 32.2. The van der Waals surface area contributed by atoms with E-state index in [9.17, 15) is 4.21 Å². The zero-order valence-electron chi connectivity index (χ0n) is 13.5. The van der Waals surface area contributed by atoms with Gasteiger partial charge in [0.15, 0.2) is 5.65 Å². The van der Waals surface area contributed by atoms with Crippen molar-refractivity contribution in [3.8, 4) is 0 Å². The molecule has 0 N–H and O–H groups in total. The zero-order chi connectivity index (χ0) is 15.5. The maximum Gasteiger partial charge on any atom is 0.158 e. The summed E-state index contributed by atoms with van der Waals surface area (Å²) < 4.78 is 14.0. The van der Waals surface area contributed by atoms with Crippen LogP contribution >= 0.6 is 0 Å². The topological polar surface area (TPSA) is 47.8 Å². The average Bonchev–Trinajstić information content (AvgIpc) is 2.85. The van der Waals surface area contributed by atoms with Gasteiger partial charge in [-0.05, 0) is 31.2 Å². The van der Waals surface area contributed by atoms with E-state index in [1.165, 1.54) is 37.8 Å². The van der Waals surface area contributed by atoms with Crippen molar-refractivity contribution in [2.45, 2.75) is 63.4 Å². The predicted molar refractivity (Wildman–Crippen MR) is 90.4 cm³/mol. The van der Waals surface area contributed by atoms with Crippen molar-refractivity contribution >= 4 is 22.0 Å². The quantitative estimate of drug-likeness (QED) is 0.844. The monoisotopic (exact) mass is 319 g/mol. The minimum Gasteiger partial charge on any atom is -0.328 e. The van der Waals surface area contributed by atoms with Crippen LogP contribution in [-0.4, -0.2) is 25.0 Å². The number of aryl methyl sites for hydroxylation is 1. The first-order valence-corrected chi connectivity index (χ1v) is 9.93. The summed E-state index contributed by atoms with van der Waals surface area (Å²) in [5, 5.41) is 0.574. The summed E-state index contributed by atoms with van der Waals surface area (Å²) >= 11 is 0. The van der Waals surface area contributed by atoms with Crippen LogP contribution in [0.2, 0.25) is 0 Å². The molecule has 120 valence electrons. The van der Waals surface area contributed by atoms with Gasteiger partial charge in [-0.25, -0.2) is 9.97 Å². The summed E-state index contributed by atoms with van der Waals surface area (Å²) in [4.78, 5) is 9.13. The fraction of sp³-hybridized carbons (Fsp3) is 0.647. The lowest BCUT2D eigenvalue weighted by molar-refractivity contribution is 0.319. The molecule has 1 aliphatic rings. The van der Waals surface area contributed by atoms with E-state index < -0.39 is 10.8 Å². The molecule has 0 bridgehead atoms. The van der Waals surface area contributed by atoms with Crippen LogP contribution in [-0.2, 0) is 23.8 Å². The van der Waals surface area contributed by atoms with Crippen LogP contribution in [0.15, 0.2) is 17.3 Å². The first-order valence-electron chi connectivity index (χ1n) is 8.37. The molecule has 0 radical (unpaired) electrons. The van der Waals surface area contributed by atoms with Gasteiger partial charge >= 0.3 is 0 Å². The highest BCUT2D eigenvalue weighted by Gasteiger charge is 2.18. The Balaban J connectivity index is 1.97. The smallest absolute Gasteiger partial charge is 0.158 e. The molecular weight excluding hydrogens is 294 g/mol. The molecule has 5 heteroatoms. The van der Waals surface area contributed by atoms with Gasteiger partial charge in [0.1, 0.15) is 10.5 Å². The Hall–Kier alpha value is -1.23. The lowest BCUT2D eigenvalue weighted by Crippen LogP contribution is -2.16. The molecule has 4 nitrogen and oxygen atoms in total. The van der Waals surface area contributed by atoms with E-state index in [1.807, 2.05) is 0 Å². The Labute approximate surface area is 134 Å². The molecule has 0 spiro atoms. The first-order chi connectivity index (χ1) is 10.7. The SMILES string of the molecule is CCCc1cc2nc(S(C)=O)cnc2n1CC1CCCCC1. The molecule has 0 amide bonds. The molecule has 2 aromatic rings. The zero-order valence-corrected chi connectivity index (χ0v) is 14.4. The summed E-state index contributed by atoms with van der Waals surface area (Å²) in [6.45, 7) is 3.26. The van der Waals surface area contributed by atoms with E-state index in [0.29, 0.717) is 5.03 Å². The highest BCUT2D eigenvalue weighted by molar-refractivity contribution is 7.84. The van der Waals surface area contributed by atoms with Crippen molar-refractivity contribution in [3.05, 3.63) is 18.0 Å². The van der Waals surface area contributed by atoms with Crippen LogP contribution in [0.5, 0.6) is 0 Å². The summed E-state index contributed by atoms with van der Waals surface area (Å²) in [5.74, 6) is 0.765. The first kappa shape index (κ1) is 15.7. The van der Waals surface area contributed by atoms with Crippen molar-refractivity contribution in [1.82, 2.24) is 14.5 Å². The third-order valence-electron chi connectivity index (χ3n) is 4.63. The van der Waals surface area contributed by atoms with Gasteiger partial charge in [0.2, 0.25) is 0 Å². The predicted octanol–water partition coefficient (Wildman–Crippen LogP) is 3.70. The number of aromatic nitrogens is 3. The minimum atomic E-state index is -1.08. The molecule has 1 fully saturated rings. The lowest BCUT2D eigenvalue weighted by Gasteiger charge is -2.23. The van der Waals surface area contributed by atoms with Crippen LogP contribution in [0, 0.1) is 5.92 Å². The van der Waals surface area contributed by atoms with E-state index in [0.717, 1.165) is 36.5 Å².